The Labute approximate surface area is 187 Å². The molecule has 0 spiro atoms. The van der Waals surface area contributed by atoms with E-state index in [1.807, 2.05) is 30.3 Å². The molecule has 4 heterocycles. The van der Waals surface area contributed by atoms with E-state index in [1.165, 1.54) is 0 Å². The standard InChI is InChI=1S/C24H26N6O2/c1-16-14-30(15-17(2)32-16)24-27-22-20(23(28-24)29-9-11-31-12-10-29)7-8-21(26-22)19-5-3-18(13-25)4-6-19/h3-8,16-17H,9-12,14-15H2,1-2H3. The van der Waals surface area contributed by atoms with Gasteiger partial charge < -0.3 is 19.3 Å². The number of hydrogen-bond acceptors (Lipinski definition) is 8. The number of hydrogen-bond donors (Lipinski definition) is 0. The molecular formula is C24H26N6O2. The maximum atomic E-state index is 9.08. The van der Waals surface area contributed by atoms with Gasteiger partial charge in [0, 0.05) is 31.7 Å². The van der Waals surface area contributed by atoms with E-state index in [0.29, 0.717) is 30.4 Å². The van der Waals surface area contributed by atoms with Gasteiger partial charge in [0.15, 0.2) is 5.65 Å². The van der Waals surface area contributed by atoms with Crippen LogP contribution >= 0.6 is 0 Å². The third-order valence-corrected chi connectivity index (χ3v) is 5.85. The molecule has 8 nitrogen and oxygen atoms in total. The number of ether oxygens (including phenoxy) is 2. The van der Waals surface area contributed by atoms with Crippen LogP contribution in [0.2, 0.25) is 0 Å². The predicted molar refractivity (Wildman–Crippen MR) is 123 cm³/mol. The number of nitrogens with zero attached hydrogens (tertiary/aromatic N) is 6. The summed E-state index contributed by atoms with van der Waals surface area (Å²) in [4.78, 5) is 19.2. The third-order valence-electron chi connectivity index (χ3n) is 5.85. The Morgan fingerprint density at radius 2 is 1.62 bits per heavy atom. The quantitative estimate of drug-likeness (QED) is 0.627. The SMILES string of the molecule is CC1CN(c2nc(N3CCOCC3)c3ccc(-c4ccc(C#N)cc4)nc3n2)CC(C)O1. The fraction of sp³-hybridized carbons (Fsp3) is 0.417. The molecule has 0 N–H and O–H groups in total. The van der Waals surface area contributed by atoms with Crippen LogP contribution in [-0.2, 0) is 9.47 Å². The van der Waals surface area contributed by atoms with Gasteiger partial charge in [-0.15, -0.1) is 0 Å². The summed E-state index contributed by atoms with van der Waals surface area (Å²) >= 11 is 0. The van der Waals surface area contributed by atoms with E-state index in [2.05, 4.69) is 35.8 Å². The molecule has 2 aliphatic rings. The van der Waals surface area contributed by atoms with Crippen LogP contribution in [0.3, 0.4) is 0 Å². The second-order valence-electron chi connectivity index (χ2n) is 8.37. The minimum atomic E-state index is 0.114. The molecule has 2 atom stereocenters. The van der Waals surface area contributed by atoms with Crippen molar-refractivity contribution in [1.29, 1.82) is 5.26 Å². The topological polar surface area (TPSA) is 87.4 Å². The number of morpholine rings is 2. The third kappa shape index (κ3) is 4.09. The fourth-order valence-corrected chi connectivity index (χ4v) is 4.36. The molecule has 8 heteroatoms. The van der Waals surface area contributed by atoms with Crippen molar-refractivity contribution >= 4 is 22.8 Å². The Morgan fingerprint density at radius 3 is 2.31 bits per heavy atom. The largest absolute Gasteiger partial charge is 0.378 e. The molecule has 2 aliphatic heterocycles. The molecule has 0 bridgehead atoms. The van der Waals surface area contributed by atoms with Crippen molar-refractivity contribution in [3.63, 3.8) is 0 Å². The highest BCUT2D eigenvalue weighted by Gasteiger charge is 2.26. The molecule has 2 fully saturated rings. The van der Waals surface area contributed by atoms with Gasteiger partial charge in [-0.25, -0.2) is 4.98 Å². The first-order valence-corrected chi connectivity index (χ1v) is 11.0. The Hall–Kier alpha value is -3.28. The molecule has 0 amide bonds. The maximum Gasteiger partial charge on any atom is 0.229 e. The van der Waals surface area contributed by atoms with Crippen molar-refractivity contribution in [2.75, 3.05) is 49.2 Å². The zero-order valence-corrected chi connectivity index (χ0v) is 18.4. The van der Waals surface area contributed by atoms with Crippen LogP contribution in [0.4, 0.5) is 11.8 Å². The van der Waals surface area contributed by atoms with E-state index in [4.69, 9.17) is 29.7 Å². The molecular weight excluding hydrogens is 404 g/mol. The van der Waals surface area contributed by atoms with E-state index >= 15 is 0 Å². The monoisotopic (exact) mass is 430 g/mol. The highest BCUT2D eigenvalue weighted by atomic mass is 16.5. The van der Waals surface area contributed by atoms with Crippen molar-refractivity contribution in [2.45, 2.75) is 26.1 Å². The first-order chi connectivity index (χ1) is 15.6. The average molecular weight is 431 g/mol. The Bertz CT molecular complexity index is 1140. The molecule has 2 aromatic heterocycles. The van der Waals surface area contributed by atoms with Crippen LogP contribution in [0.25, 0.3) is 22.3 Å². The molecule has 2 unspecified atom stereocenters. The summed E-state index contributed by atoms with van der Waals surface area (Å²) in [5, 5.41) is 10.0. The normalized spacial score (nSPS) is 21.5. The van der Waals surface area contributed by atoms with Crippen molar-refractivity contribution in [3.05, 3.63) is 42.0 Å². The lowest BCUT2D eigenvalue weighted by Crippen LogP contribution is -2.46. The van der Waals surface area contributed by atoms with E-state index in [0.717, 1.165) is 48.6 Å². The van der Waals surface area contributed by atoms with Gasteiger partial charge in [0.1, 0.15) is 5.82 Å². The average Bonchev–Trinajstić information content (AvgIpc) is 2.83. The van der Waals surface area contributed by atoms with E-state index < -0.39 is 0 Å². The second kappa shape index (κ2) is 8.69. The Kier molecular flexibility index (Phi) is 5.60. The van der Waals surface area contributed by atoms with E-state index in [-0.39, 0.29) is 12.2 Å². The summed E-state index contributed by atoms with van der Waals surface area (Å²) < 4.78 is 11.5. The zero-order chi connectivity index (χ0) is 22.1. The van der Waals surface area contributed by atoms with Gasteiger partial charge >= 0.3 is 0 Å². The molecule has 5 rings (SSSR count). The van der Waals surface area contributed by atoms with Crippen molar-refractivity contribution in [3.8, 4) is 17.3 Å². The number of nitriles is 1. The Balaban J connectivity index is 1.60. The lowest BCUT2D eigenvalue weighted by atomic mass is 10.1. The van der Waals surface area contributed by atoms with Gasteiger partial charge in [-0.05, 0) is 38.1 Å². The molecule has 3 aromatic rings. The number of pyridine rings is 1. The number of fused-ring (bicyclic) bond motifs is 1. The summed E-state index contributed by atoms with van der Waals surface area (Å²) in [5.41, 5.74) is 3.07. The summed E-state index contributed by atoms with van der Waals surface area (Å²) in [6.45, 7) is 8.59. The smallest absolute Gasteiger partial charge is 0.229 e. The minimum Gasteiger partial charge on any atom is -0.378 e. The van der Waals surface area contributed by atoms with Crippen molar-refractivity contribution in [2.24, 2.45) is 0 Å². The van der Waals surface area contributed by atoms with Gasteiger partial charge in [-0.2, -0.15) is 15.2 Å². The molecule has 0 saturated carbocycles. The molecule has 0 radical (unpaired) electrons. The van der Waals surface area contributed by atoms with Crippen LogP contribution in [0.1, 0.15) is 19.4 Å². The van der Waals surface area contributed by atoms with Crippen LogP contribution < -0.4 is 9.80 Å². The number of aromatic nitrogens is 3. The molecule has 0 aliphatic carbocycles. The number of anilines is 2. The number of rotatable bonds is 3. The van der Waals surface area contributed by atoms with Crippen LogP contribution in [-0.4, -0.2) is 66.6 Å². The summed E-state index contributed by atoms with van der Waals surface area (Å²) in [6.07, 6.45) is 0.227. The van der Waals surface area contributed by atoms with E-state index in [9.17, 15) is 0 Å². The van der Waals surface area contributed by atoms with Crippen LogP contribution in [0.15, 0.2) is 36.4 Å². The fourth-order valence-electron chi connectivity index (χ4n) is 4.36. The predicted octanol–water partition coefficient (Wildman–Crippen LogP) is 3.01. The second-order valence-corrected chi connectivity index (χ2v) is 8.37. The van der Waals surface area contributed by atoms with Gasteiger partial charge in [-0.1, -0.05) is 12.1 Å². The highest BCUT2D eigenvalue weighted by Crippen LogP contribution is 2.30. The lowest BCUT2D eigenvalue weighted by molar-refractivity contribution is -0.00570. The van der Waals surface area contributed by atoms with Crippen LogP contribution in [0.5, 0.6) is 0 Å². The first-order valence-electron chi connectivity index (χ1n) is 11.0. The molecule has 32 heavy (non-hydrogen) atoms. The Morgan fingerprint density at radius 1 is 0.906 bits per heavy atom. The van der Waals surface area contributed by atoms with Crippen molar-refractivity contribution in [1.82, 2.24) is 15.0 Å². The molecule has 164 valence electrons. The van der Waals surface area contributed by atoms with Gasteiger partial charge in [-0.3, -0.25) is 0 Å². The minimum absolute atomic E-state index is 0.114. The van der Waals surface area contributed by atoms with E-state index in [1.54, 1.807) is 0 Å². The van der Waals surface area contributed by atoms with Gasteiger partial charge in [0.05, 0.1) is 48.1 Å². The maximum absolute atomic E-state index is 9.08. The number of benzene rings is 1. The molecule has 2 saturated heterocycles. The van der Waals surface area contributed by atoms with Gasteiger partial charge in [0.25, 0.3) is 0 Å². The lowest BCUT2D eigenvalue weighted by Gasteiger charge is -2.36. The highest BCUT2D eigenvalue weighted by molar-refractivity contribution is 5.90. The molecule has 1 aromatic carbocycles. The summed E-state index contributed by atoms with van der Waals surface area (Å²) in [5.74, 6) is 1.59. The summed E-state index contributed by atoms with van der Waals surface area (Å²) in [6, 6.07) is 13.7. The summed E-state index contributed by atoms with van der Waals surface area (Å²) in [7, 11) is 0. The zero-order valence-electron chi connectivity index (χ0n) is 18.4. The van der Waals surface area contributed by atoms with Crippen molar-refractivity contribution < 1.29 is 9.47 Å². The van der Waals surface area contributed by atoms with Gasteiger partial charge in [0.2, 0.25) is 5.95 Å². The first kappa shape index (κ1) is 20.6. The van der Waals surface area contributed by atoms with Crippen LogP contribution in [0, 0.1) is 11.3 Å².